The molecule has 3 heteroatoms. The number of allylic oxidation sites excluding steroid dienone is 1. The quantitative estimate of drug-likeness (QED) is 0.612. The second-order valence-corrected chi connectivity index (χ2v) is 6.22. The number of fused-ring (bicyclic) bond motifs is 1. The van der Waals surface area contributed by atoms with E-state index in [-0.39, 0.29) is 5.78 Å². The van der Waals surface area contributed by atoms with Gasteiger partial charge in [-0.2, -0.15) is 0 Å². The fourth-order valence-corrected chi connectivity index (χ4v) is 2.89. The Labute approximate surface area is 152 Å². The molecule has 0 spiro atoms. The van der Waals surface area contributed by atoms with Crippen molar-refractivity contribution in [2.75, 3.05) is 0 Å². The van der Waals surface area contributed by atoms with E-state index < -0.39 is 0 Å². The van der Waals surface area contributed by atoms with Crippen molar-refractivity contribution in [2.45, 2.75) is 13.5 Å². The van der Waals surface area contributed by atoms with Gasteiger partial charge in [-0.25, -0.2) is 0 Å². The molecule has 0 fully saturated rings. The van der Waals surface area contributed by atoms with E-state index in [0.717, 1.165) is 11.1 Å². The highest BCUT2D eigenvalue weighted by Gasteiger charge is 2.27. The van der Waals surface area contributed by atoms with Crippen molar-refractivity contribution < 1.29 is 14.3 Å². The van der Waals surface area contributed by atoms with Crippen LogP contribution in [-0.2, 0) is 6.61 Å². The molecule has 0 bridgehead atoms. The molecule has 3 aromatic carbocycles. The van der Waals surface area contributed by atoms with Crippen LogP contribution in [0, 0.1) is 6.92 Å². The summed E-state index contributed by atoms with van der Waals surface area (Å²) in [6.45, 7) is 2.54. The van der Waals surface area contributed by atoms with Crippen LogP contribution in [0.3, 0.4) is 0 Å². The molecule has 128 valence electrons. The third-order valence-corrected chi connectivity index (χ3v) is 4.39. The minimum atomic E-state index is -0.102. The Morgan fingerprint density at radius 3 is 2.54 bits per heavy atom. The van der Waals surface area contributed by atoms with Gasteiger partial charge in [0.2, 0.25) is 5.78 Å². The second kappa shape index (κ2) is 6.89. The van der Waals surface area contributed by atoms with Gasteiger partial charge in [0.05, 0.1) is 5.56 Å². The largest absolute Gasteiger partial charge is 0.489 e. The third-order valence-electron chi connectivity index (χ3n) is 4.39. The summed E-state index contributed by atoms with van der Waals surface area (Å²) in [7, 11) is 0. The molecule has 0 aromatic heterocycles. The van der Waals surface area contributed by atoms with Gasteiger partial charge in [0.1, 0.15) is 18.1 Å². The van der Waals surface area contributed by atoms with Crippen LogP contribution >= 0.6 is 0 Å². The van der Waals surface area contributed by atoms with Gasteiger partial charge in [0.15, 0.2) is 5.76 Å². The molecular formula is C23H18O3. The lowest BCUT2D eigenvalue weighted by molar-refractivity contribution is 0.101. The molecule has 1 heterocycles. The molecule has 1 aliphatic rings. The standard InChI is InChI=1S/C23H18O3/c1-16-7-5-6-10-18(16)15-25-19-11-12-20-21(14-19)26-22(23(20)24)13-17-8-3-2-4-9-17/h2-14H,15H2,1H3/b22-13-. The molecule has 1 aliphatic heterocycles. The number of carbonyl (C=O) groups excluding carboxylic acids is 1. The number of carbonyl (C=O) groups is 1. The van der Waals surface area contributed by atoms with Crippen molar-refractivity contribution in [3.05, 3.63) is 101 Å². The SMILES string of the molecule is Cc1ccccc1COc1ccc2c(c1)O/C(=C\c1ccccc1)C2=O. The lowest BCUT2D eigenvalue weighted by atomic mass is 10.1. The molecule has 3 aromatic rings. The molecular weight excluding hydrogens is 324 g/mol. The molecule has 0 N–H and O–H groups in total. The fourth-order valence-electron chi connectivity index (χ4n) is 2.89. The smallest absolute Gasteiger partial charge is 0.231 e. The van der Waals surface area contributed by atoms with E-state index in [1.165, 1.54) is 5.56 Å². The van der Waals surface area contributed by atoms with Crippen LogP contribution in [0.1, 0.15) is 27.0 Å². The Bertz CT molecular complexity index is 987. The molecule has 0 radical (unpaired) electrons. The molecule has 0 saturated carbocycles. The summed E-state index contributed by atoms with van der Waals surface area (Å²) in [5.74, 6) is 1.46. The minimum absolute atomic E-state index is 0.102. The van der Waals surface area contributed by atoms with Gasteiger partial charge in [-0.05, 0) is 41.8 Å². The fraction of sp³-hybridized carbons (Fsp3) is 0.0870. The Kier molecular flexibility index (Phi) is 4.28. The number of rotatable bonds is 4. The van der Waals surface area contributed by atoms with Crippen molar-refractivity contribution in [3.8, 4) is 11.5 Å². The van der Waals surface area contributed by atoms with Gasteiger partial charge in [0, 0.05) is 6.07 Å². The van der Waals surface area contributed by atoms with Gasteiger partial charge < -0.3 is 9.47 Å². The highest BCUT2D eigenvalue weighted by molar-refractivity contribution is 6.14. The number of ether oxygens (including phenoxy) is 2. The second-order valence-electron chi connectivity index (χ2n) is 6.22. The first-order chi connectivity index (χ1) is 12.7. The Hall–Kier alpha value is -3.33. The highest BCUT2D eigenvalue weighted by Crippen LogP contribution is 2.35. The third kappa shape index (κ3) is 3.24. The first kappa shape index (κ1) is 16.2. The van der Waals surface area contributed by atoms with Gasteiger partial charge in [0.25, 0.3) is 0 Å². The Balaban J connectivity index is 1.53. The molecule has 0 atom stereocenters. The van der Waals surface area contributed by atoms with Crippen molar-refractivity contribution in [2.24, 2.45) is 0 Å². The van der Waals surface area contributed by atoms with Gasteiger partial charge in [-0.3, -0.25) is 4.79 Å². The zero-order valence-electron chi connectivity index (χ0n) is 14.4. The first-order valence-corrected chi connectivity index (χ1v) is 8.51. The maximum atomic E-state index is 12.5. The predicted octanol–water partition coefficient (Wildman–Crippen LogP) is 5.19. The van der Waals surface area contributed by atoms with E-state index in [9.17, 15) is 4.79 Å². The summed E-state index contributed by atoms with van der Waals surface area (Å²) >= 11 is 0. The topological polar surface area (TPSA) is 35.5 Å². The number of Topliss-reactive ketones (excluding diaryl/α,β-unsaturated/α-hetero) is 1. The van der Waals surface area contributed by atoms with E-state index in [2.05, 4.69) is 13.0 Å². The van der Waals surface area contributed by atoms with E-state index in [1.54, 1.807) is 18.2 Å². The molecule has 26 heavy (non-hydrogen) atoms. The van der Waals surface area contributed by atoms with Gasteiger partial charge in [-0.1, -0.05) is 54.6 Å². The Morgan fingerprint density at radius 1 is 0.962 bits per heavy atom. The van der Waals surface area contributed by atoms with Crippen LogP contribution in [0.4, 0.5) is 0 Å². The summed E-state index contributed by atoms with van der Waals surface area (Å²) in [5, 5.41) is 0. The van der Waals surface area contributed by atoms with Crippen LogP contribution < -0.4 is 9.47 Å². The van der Waals surface area contributed by atoms with Crippen molar-refractivity contribution in [1.82, 2.24) is 0 Å². The first-order valence-electron chi connectivity index (χ1n) is 8.51. The van der Waals surface area contributed by atoms with Gasteiger partial charge in [-0.15, -0.1) is 0 Å². The zero-order valence-corrected chi connectivity index (χ0v) is 14.4. The molecule has 0 aliphatic carbocycles. The maximum Gasteiger partial charge on any atom is 0.231 e. The van der Waals surface area contributed by atoms with Crippen molar-refractivity contribution >= 4 is 11.9 Å². The predicted molar refractivity (Wildman–Crippen MR) is 101 cm³/mol. The number of benzene rings is 3. The molecule has 4 rings (SSSR count). The van der Waals surface area contributed by atoms with Gasteiger partial charge >= 0.3 is 0 Å². The summed E-state index contributed by atoms with van der Waals surface area (Å²) in [6, 6.07) is 23.1. The van der Waals surface area contributed by atoms with Crippen LogP contribution in [0.25, 0.3) is 6.08 Å². The number of hydrogen-bond acceptors (Lipinski definition) is 3. The van der Waals surface area contributed by atoms with Crippen LogP contribution in [0.15, 0.2) is 78.6 Å². The van der Waals surface area contributed by atoms with Crippen LogP contribution in [0.2, 0.25) is 0 Å². The average Bonchev–Trinajstić information content (AvgIpc) is 2.97. The number of ketones is 1. The summed E-state index contributed by atoms with van der Waals surface area (Å²) < 4.78 is 11.6. The van der Waals surface area contributed by atoms with Crippen molar-refractivity contribution in [1.29, 1.82) is 0 Å². The number of aryl methyl sites for hydroxylation is 1. The normalized spacial score (nSPS) is 14.2. The van der Waals surface area contributed by atoms with E-state index in [4.69, 9.17) is 9.47 Å². The minimum Gasteiger partial charge on any atom is -0.489 e. The zero-order chi connectivity index (χ0) is 17.9. The van der Waals surface area contributed by atoms with E-state index in [0.29, 0.717) is 29.4 Å². The average molecular weight is 342 g/mol. The lowest BCUT2D eigenvalue weighted by Crippen LogP contribution is -1.98. The van der Waals surface area contributed by atoms with Crippen LogP contribution in [0.5, 0.6) is 11.5 Å². The molecule has 3 nitrogen and oxygen atoms in total. The Morgan fingerprint density at radius 2 is 1.73 bits per heavy atom. The van der Waals surface area contributed by atoms with Crippen LogP contribution in [-0.4, -0.2) is 5.78 Å². The summed E-state index contributed by atoms with van der Waals surface area (Å²) in [5.41, 5.74) is 3.82. The summed E-state index contributed by atoms with van der Waals surface area (Å²) in [6.07, 6.45) is 1.76. The van der Waals surface area contributed by atoms with Crippen molar-refractivity contribution in [3.63, 3.8) is 0 Å². The summed E-state index contributed by atoms with van der Waals surface area (Å²) in [4.78, 5) is 12.5. The monoisotopic (exact) mass is 342 g/mol. The maximum absolute atomic E-state index is 12.5. The lowest BCUT2D eigenvalue weighted by Gasteiger charge is -2.09. The van der Waals surface area contributed by atoms with E-state index >= 15 is 0 Å². The van der Waals surface area contributed by atoms with E-state index in [1.807, 2.05) is 54.6 Å². The molecule has 0 amide bonds. The number of hydrogen-bond donors (Lipinski definition) is 0. The molecule has 0 unspecified atom stereocenters. The molecule has 0 saturated heterocycles. The highest BCUT2D eigenvalue weighted by atomic mass is 16.5.